The molecule has 5 rings (SSSR count). The molecular formula is C22H22NO3+. The normalized spacial score (nSPS) is 21.7. The van der Waals surface area contributed by atoms with E-state index in [1.807, 2.05) is 19.1 Å². The molecule has 1 aromatic heterocycles. The summed E-state index contributed by atoms with van der Waals surface area (Å²) in [4.78, 5) is 13.3. The third-order valence-electron chi connectivity index (χ3n) is 5.86. The van der Waals surface area contributed by atoms with Crippen molar-refractivity contribution in [1.29, 1.82) is 0 Å². The van der Waals surface area contributed by atoms with Crippen molar-refractivity contribution in [2.75, 3.05) is 6.73 Å². The number of aryl methyl sites for hydroxylation is 2. The molecule has 132 valence electrons. The maximum Gasteiger partial charge on any atom is 0.336 e. The van der Waals surface area contributed by atoms with Crippen molar-refractivity contribution in [2.24, 2.45) is 0 Å². The molecule has 0 radical (unpaired) electrons. The van der Waals surface area contributed by atoms with Crippen molar-refractivity contribution in [2.45, 2.75) is 38.8 Å². The van der Waals surface area contributed by atoms with Crippen LogP contribution in [0, 0.1) is 6.92 Å². The zero-order valence-corrected chi connectivity index (χ0v) is 14.9. The fraction of sp³-hybridized carbons (Fsp3) is 0.318. The monoisotopic (exact) mass is 348 g/mol. The highest BCUT2D eigenvalue weighted by atomic mass is 16.5. The molecule has 3 aromatic rings. The molecule has 4 nitrogen and oxygen atoms in total. The van der Waals surface area contributed by atoms with Crippen LogP contribution in [0.2, 0.25) is 0 Å². The number of quaternary nitrogens is 1. The molecule has 0 saturated carbocycles. The second kappa shape index (κ2) is 5.99. The van der Waals surface area contributed by atoms with Crippen molar-refractivity contribution >= 4 is 11.0 Å². The van der Waals surface area contributed by atoms with Crippen LogP contribution in [0.15, 0.2) is 51.7 Å². The maximum absolute atomic E-state index is 11.9. The average Bonchev–Trinajstić information content (AvgIpc) is 2.67. The van der Waals surface area contributed by atoms with Crippen LogP contribution in [0.5, 0.6) is 5.75 Å². The van der Waals surface area contributed by atoms with Crippen molar-refractivity contribution in [3.63, 3.8) is 0 Å². The number of hydrogen-bond donors (Lipinski definition) is 1. The predicted octanol–water partition coefficient (Wildman–Crippen LogP) is 2.91. The molecule has 1 N–H and O–H groups in total. The van der Waals surface area contributed by atoms with E-state index in [9.17, 15) is 4.79 Å². The number of fused-ring (bicyclic) bond motifs is 4. The first-order valence-corrected chi connectivity index (χ1v) is 9.32. The molecule has 2 heterocycles. The molecule has 1 aliphatic carbocycles. The highest BCUT2D eigenvalue weighted by Gasteiger charge is 2.33. The number of hydrogen-bond acceptors (Lipinski definition) is 3. The summed E-state index contributed by atoms with van der Waals surface area (Å²) in [6, 6.07) is 14.8. The molecule has 0 spiro atoms. The Morgan fingerprint density at radius 3 is 2.96 bits per heavy atom. The highest BCUT2D eigenvalue weighted by Crippen LogP contribution is 2.32. The van der Waals surface area contributed by atoms with Gasteiger partial charge in [-0.05, 0) is 43.0 Å². The topological polar surface area (TPSA) is 43.9 Å². The van der Waals surface area contributed by atoms with Gasteiger partial charge in [0.25, 0.3) is 0 Å². The largest absolute Gasteiger partial charge is 0.445 e. The van der Waals surface area contributed by atoms with Crippen LogP contribution in [0.3, 0.4) is 0 Å². The molecule has 0 fully saturated rings. The fourth-order valence-electron chi connectivity index (χ4n) is 4.57. The van der Waals surface area contributed by atoms with Crippen molar-refractivity contribution in [1.82, 2.24) is 0 Å². The molecule has 1 unspecified atom stereocenters. The minimum Gasteiger partial charge on any atom is -0.445 e. The third kappa shape index (κ3) is 2.44. The first-order valence-electron chi connectivity index (χ1n) is 9.32. The van der Waals surface area contributed by atoms with Crippen LogP contribution in [-0.2, 0) is 13.0 Å². The van der Waals surface area contributed by atoms with E-state index in [0.29, 0.717) is 18.4 Å². The molecule has 4 heteroatoms. The van der Waals surface area contributed by atoms with Crippen molar-refractivity contribution in [3.8, 4) is 5.75 Å². The Balaban J connectivity index is 1.58. The van der Waals surface area contributed by atoms with Gasteiger partial charge in [0.05, 0.1) is 5.56 Å². The van der Waals surface area contributed by atoms with Crippen LogP contribution in [0.4, 0.5) is 0 Å². The highest BCUT2D eigenvalue weighted by molar-refractivity contribution is 5.84. The molecule has 0 saturated heterocycles. The number of benzene rings is 2. The molecule has 26 heavy (non-hydrogen) atoms. The molecule has 0 bridgehead atoms. The van der Waals surface area contributed by atoms with Gasteiger partial charge in [-0.1, -0.05) is 24.3 Å². The zero-order valence-electron chi connectivity index (χ0n) is 14.9. The Labute approximate surface area is 152 Å². The van der Waals surface area contributed by atoms with Crippen LogP contribution in [-0.4, -0.2) is 6.73 Å². The molecule has 2 aliphatic rings. The molecule has 0 amide bonds. The SMILES string of the molecule is Cc1cc(=O)oc2c3c(ccc12)OC[NH+]([C@H]1CCCc2ccccc21)C3. The average molecular weight is 348 g/mol. The minimum atomic E-state index is -0.293. The Bertz CT molecular complexity index is 1050. The fourth-order valence-corrected chi connectivity index (χ4v) is 4.57. The van der Waals surface area contributed by atoms with Gasteiger partial charge in [0.15, 0.2) is 5.58 Å². The Morgan fingerprint density at radius 2 is 2.04 bits per heavy atom. The van der Waals surface area contributed by atoms with E-state index in [2.05, 4.69) is 24.3 Å². The van der Waals surface area contributed by atoms with Gasteiger partial charge >= 0.3 is 5.63 Å². The lowest BCUT2D eigenvalue weighted by molar-refractivity contribution is -0.963. The van der Waals surface area contributed by atoms with E-state index in [4.69, 9.17) is 9.15 Å². The summed E-state index contributed by atoms with van der Waals surface area (Å²) >= 11 is 0. The van der Waals surface area contributed by atoms with Gasteiger partial charge in [-0.15, -0.1) is 0 Å². The molecule has 1 aliphatic heterocycles. The van der Waals surface area contributed by atoms with Crippen molar-refractivity contribution < 1.29 is 14.1 Å². The lowest BCUT2D eigenvalue weighted by Crippen LogP contribution is -3.12. The predicted molar refractivity (Wildman–Crippen MR) is 99.5 cm³/mol. The first kappa shape index (κ1) is 15.6. The van der Waals surface area contributed by atoms with Gasteiger partial charge in [0.2, 0.25) is 6.73 Å². The molecule has 2 aromatic carbocycles. The van der Waals surface area contributed by atoms with E-state index in [-0.39, 0.29) is 5.63 Å². The second-order valence-corrected chi connectivity index (χ2v) is 7.43. The van der Waals surface area contributed by atoms with Crippen LogP contribution < -0.4 is 15.3 Å². The smallest absolute Gasteiger partial charge is 0.336 e. The third-order valence-corrected chi connectivity index (χ3v) is 5.86. The second-order valence-electron chi connectivity index (χ2n) is 7.43. The summed E-state index contributed by atoms with van der Waals surface area (Å²) < 4.78 is 11.7. The van der Waals surface area contributed by atoms with Gasteiger partial charge in [-0.2, -0.15) is 0 Å². The Morgan fingerprint density at radius 1 is 1.15 bits per heavy atom. The van der Waals surface area contributed by atoms with Gasteiger partial charge in [-0.25, -0.2) is 4.79 Å². The summed E-state index contributed by atoms with van der Waals surface area (Å²) in [5, 5.41) is 0.997. The minimum absolute atomic E-state index is 0.293. The summed E-state index contributed by atoms with van der Waals surface area (Å²) in [5.41, 5.74) is 5.27. The van der Waals surface area contributed by atoms with E-state index in [1.165, 1.54) is 28.9 Å². The quantitative estimate of drug-likeness (QED) is 0.688. The van der Waals surface area contributed by atoms with Gasteiger partial charge < -0.3 is 9.15 Å². The van der Waals surface area contributed by atoms with Crippen LogP contribution in [0.1, 0.15) is 41.1 Å². The standard InChI is InChI=1S/C22H21NO3/c1-14-11-21(24)26-22-16(14)9-10-20-18(22)12-23(13-25-20)19-8-4-6-15-5-2-3-7-17(15)19/h2-3,5,7,9-11,19H,4,6,8,12-13H2,1H3/p+1/t19-/m0/s1. The molecular weight excluding hydrogens is 326 g/mol. The summed E-state index contributed by atoms with van der Waals surface area (Å²) in [6.45, 7) is 3.42. The van der Waals surface area contributed by atoms with E-state index < -0.39 is 0 Å². The van der Waals surface area contributed by atoms with Crippen LogP contribution >= 0.6 is 0 Å². The summed E-state index contributed by atoms with van der Waals surface area (Å²) in [6.07, 6.45) is 3.54. The van der Waals surface area contributed by atoms with Crippen LogP contribution in [0.25, 0.3) is 11.0 Å². The lowest BCUT2D eigenvalue weighted by Gasteiger charge is -2.35. The van der Waals surface area contributed by atoms with Crippen molar-refractivity contribution in [3.05, 3.63) is 75.1 Å². The first-order chi connectivity index (χ1) is 12.7. The Hall–Kier alpha value is -2.59. The van der Waals surface area contributed by atoms with Gasteiger partial charge in [-0.3, -0.25) is 4.90 Å². The number of rotatable bonds is 1. The summed E-state index contributed by atoms with van der Waals surface area (Å²) in [7, 11) is 0. The lowest BCUT2D eigenvalue weighted by atomic mass is 9.86. The van der Waals surface area contributed by atoms with E-state index in [1.54, 1.807) is 6.07 Å². The number of ether oxygens (including phenoxy) is 1. The maximum atomic E-state index is 11.9. The van der Waals surface area contributed by atoms with E-state index in [0.717, 1.165) is 35.2 Å². The molecule has 2 atom stereocenters. The van der Waals surface area contributed by atoms with Gasteiger partial charge in [0.1, 0.15) is 18.3 Å². The summed E-state index contributed by atoms with van der Waals surface area (Å²) in [5.74, 6) is 0.846. The van der Waals surface area contributed by atoms with E-state index >= 15 is 0 Å². The number of nitrogens with one attached hydrogen (secondary N) is 1. The zero-order chi connectivity index (χ0) is 17.7. The Kier molecular flexibility index (Phi) is 3.61. The van der Waals surface area contributed by atoms with Gasteiger partial charge in [0, 0.05) is 23.4 Å².